The van der Waals surface area contributed by atoms with Crippen LogP contribution in [0.1, 0.15) is 32.6 Å². The maximum atomic E-state index is 11.9. The minimum atomic E-state index is -0.552. The summed E-state index contributed by atoms with van der Waals surface area (Å²) >= 11 is 0. The first-order valence-corrected chi connectivity index (χ1v) is 8.07. The van der Waals surface area contributed by atoms with E-state index in [1.165, 1.54) is 24.3 Å². The molecule has 1 aliphatic carbocycles. The number of rotatable bonds is 6. The third-order valence-corrected chi connectivity index (χ3v) is 4.10. The van der Waals surface area contributed by atoms with E-state index in [2.05, 4.69) is 10.6 Å². The lowest BCUT2D eigenvalue weighted by atomic mass is 9.91. The van der Waals surface area contributed by atoms with E-state index in [1.807, 2.05) is 6.92 Å². The molecule has 0 saturated heterocycles. The molecule has 8 nitrogen and oxygen atoms in total. The molecule has 1 unspecified atom stereocenters. The molecule has 0 aromatic heterocycles. The maximum absolute atomic E-state index is 11.9. The summed E-state index contributed by atoms with van der Waals surface area (Å²) in [6.07, 6.45) is 2.97. The highest BCUT2D eigenvalue weighted by molar-refractivity contribution is 5.70. The Morgan fingerprint density at radius 1 is 1.29 bits per heavy atom. The van der Waals surface area contributed by atoms with Gasteiger partial charge in [0.15, 0.2) is 0 Å². The zero-order chi connectivity index (χ0) is 17.5. The summed E-state index contributed by atoms with van der Waals surface area (Å²) < 4.78 is 5.14. The molecule has 2 rings (SSSR count). The van der Waals surface area contributed by atoms with Crippen molar-refractivity contribution < 1.29 is 19.6 Å². The Hall–Kier alpha value is -2.19. The molecule has 1 aromatic carbocycles. The second kappa shape index (κ2) is 8.60. The van der Waals surface area contributed by atoms with Crippen LogP contribution in [0.5, 0.6) is 5.75 Å². The molecule has 1 atom stereocenters. The van der Waals surface area contributed by atoms with E-state index >= 15 is 0 Å². The molecule has 1 fully saturated rings. The molecule has 0 radical (unpaired) electrons. The lowest BCUT2D eigenvalue weighted by Crippen LogP contribution is -2.45. The highest BCUT2D eigenvalue weighted by atomic mass is 16.6. The number of benzene rings is 1. The van der Waals surface area contributed by atoms with Crippen LogP contribution < -0.4 is 15.4 Å². The van der Waals surface area contributed by atoms with Crippen molar-refractivity contribution in [1.82, 2.24) is 10.6 Å². The van der Waals surface area contributed by atoms with Crippen LogP contribution in [0.3, 0.4) is 0 Å². The number of carbonyl (C=O) groups excluding carboxylic acids is 1. The van der Waals surface area contributed by atoms with Crippen LogP contribution in [0.4, 0.5) is 10.5 Å². The summed E-state index contributed by atoms with van der Waals surface area (Å²) in [5.74, 6) is 0.269. The van der Waals surface area contributed by atoms with E-state index in [-0.39, 0.29) is 30.1 Å². The number of non-ortho nitro benzene ring substituents is 1. The number of nitro groups is 1. The number of nitro benzene ring substituents is 1. The second-order valence-electron chi connectivity index (χ2n) is 6.08. The molecule has 1 amide bonds. The monoisotopic (exact) mass is 337 g/mol. The smallest absolute Gasteiger partial charge is 0.410 e. The normalized spacial score (nSPS) is 21.8. The van der Waals surface area contributed by atoms with Crippen molar-refractivity contribution in [2.75, 3.05) is 6.61 Å². The molecule has 24 heavy (non-hydrogen) atoms. The fourth-order valence-corrected chi connectivity index (χ4v) is 2.80. The van der Waals surface area contributed by atoms with Gasteiger partial charge in [0.05, 0.1) is 11.5 Å². The Balaban J connectivity index is 1.74. The summed E-state index contributed by atoms with van der Waals surface area (Å²) in [6, 6.07) is 5.87. The van der Waals surface area contributed by atoms with Gasteiger partial charge in [0.25, 0.3) is 5.69 Å². The zero-order valence-corrected chi connectivity index (χ0v) is 13.6. The van der Waals surface area contributed by atoms with Crippen LogP contribution in [-0.4, -0.2) is 40.9 Å². The van der Waals surface area contributed by atoms with E-state index in [0.717, 1.165) is 25.7 Å². The van der Waals surface area contributed by atoms with Crippen molar-refractivity contribution in [3.8, 4) is 5.75 Å². The minimum Gasteiger partial charge on any atom is -0.410 e. The third-order valence-electron chi connectivity index (χ3n) is 4.10. The molecule has 1 aromatic rings. The third kappa shape index (κ3) is 5.47. The van der Waals surface area contributed by atoms with Gasteiger partial charge in [-0.3, -0.25) is 10.1 Å². The molecule has 0 aliphatic heterocycles. The Morgan fingerprint density at radius 2 is 1.88 bits per heavy atom. The van der Waals surface area contributed by atoms with Crippen LogP contribution in [-0.2, 0) is 0 Å². The molecule has 3 N–H and O–H groups in total. The van der Waals surface area contributed by atoms with Crippen LogP contribution >= 0.6 is 0 Å². The molecular weight excluding hydrogens is 314 g/mol. The van der Waals surface area contributed by atoms with Crippen molar-refractivity contribution >= 4 is 11.8 Å². The van der Waals surface area contributed by atoms with Gasteiger partial charge in [-0.05, 0) is 44.7 Å². The largest absolute Gasteiger partial charge is 0.412 e. The summed E-state index contributed by atoms with van der Waals surface area (Å²) in [5, 5.41) is 25.8. The molecule has 0 heterocycles. The lowest BCUT2D eigenvalue weighted by Gasteiger charge is -2.31. The number of ether oxygens (including phenoxy) is 1. The SMILES string of the molecule is CC(CO)N[C@H]1CC[C@@H](NC(=O)Oc2ccc([N+](=O)[O-])cc2)CC1. The number of nitrogens with one attached hydrogen (secondary N) is 2. The predicted octanol–water partition coefficient (Wildman–Crippen LogP) is 1.96. The average Bonchev–Trinajstić information content (AvgIpc) is 2.57. The molecule has 0 spiro atoms. The van der Waals surface area contributed by atoms with Gasteiger partial charge in [-0.25, -0.2) is 4.79 Å². The highest BCUT2D eigenvalue weighted by Gasteiger charge is 2.23. The fourth-order valence-electron chi connectivity index (χ4n) is 2.80. The van der Waals surface area contributed by atoms with E-state index in [1.54, 1.807) is 0 Å². The number of amides is 1. The molecule has 132 valence electrons. The van der Waals surface area contributed by atoms with Crippen molar-refractivity contribution in [2.24, 2.45) is 0 Å². The number of aliphatic hydroxyl groups is 1. The number of carbonyl (C=O) groups is 1. The number of hydrogen-bond acceptors (Lipinski definition) is 6. The lowest BCUT2D eigenvalue weighted by molar-refractivity contribution is -0.384. The summed E-state index contributed by atoms with van der Waals surface area (Å²) in [4.78, 5) is 22.0. The van der Waals surface area contributed by atoms with Gasteiger partial charge in [-0.1, -0.05) is 0 Å². The van der Waals surface area contributed by atoms with Crippen LogP contribution in [0, 0.1) is 10.1 Å². The Bertz CT molecular complexity index is 555. The van der Waals surface area contributed by atoms with E-state index in [9.17, 15) is 14.9 Å². The Morgan fingerprint density at radius 3 is 2.42 bits per heavy atom. The van der Waals surface area contributed by atoms with Crippen molar-refractivity contribution in [1.29, 1.82) is 0 Å². The second-order valence-corrected chi connectivity index (χ2v) is 6.08. The quantitative estimate of drug-likeness (QED) is 0.540. The van der Waals surface area contributed by atoms with Gasteiger partial charge in [0, 0.05) is 30.3 Å². The van der Waals surface area contributed by atoms with Gasteiger partial charge >= 0.3 is 6.09 Å². The minimum absolute atomic E-state index is 0.0503. The topological polar surface area (TPSA) is 114 Å². The van der Waals surface area contributed by atoms with Gasteiger partial charge in [0.1, 0.15) is 5.75 Å². The first-order chi connectivity index (χ1) is 11.5. The van der Waals surface area contributed by atoms with Crippen molar-refractivity contribution in [3.63, 3.8) is 0 Å². The summed E-state index contributed by atoms with van der Waals surface area (Å²) in [7, 11) is 0. The van der Waals surface area contributed by atoms with E-state index in [0.29, 0.717) is 6.04 Å². The molecule has 1 aliphatic rings. The fraction of sp³-hybridized carbons (Fsp3) is 0.562. The van der Waals surface area contributed by atoms with E-state index < -0.39 is 11.0 Å². The average molecular weight is 337 g/mol. The van der Waals surface area contributed by atoms with E-state index in [4.69, 9.17) is 9.84 Å². The van der Waals surface area contributed by atoms with Gasteiger partial charge < -0.3 is 20.5 Å². The standard InChI is InChI=1S/C16H23N3O5/c1-11(10-20)17-12-2-4-13(5-3-12)18-16(21)24-15-8-6-14(7-9-15)19(22)23/h6-9,11-13,17,20H,2-5,10H2,1H3,(H,18,21)/t11?,12-,13+. The zero-order valence-electron chi connectivity index (χ0n) is 13.6. The first kappa shape index (κ1) is 18.2. The summed E-state index contributed by atoms with van der Waals surface area (Å²) in [5.41, 5.74) is -0.0503. The Kier molecular flexibility index (Phi) is 6.51. The van der Waals surface area contributed by atoms with Crippen molar-refractivity contribution in [3.05, 3.63) is 34.4 Å². The predicted molar refractivity (Wildman–Crippen MR) is 88.0 cm³/mol. The summed E-state index contributed by atoms with van der Waals surface area (Å²) in [6.45, 7) is 2.05. The molecular formula is C16H23N3O5. The van der Waals surface area contributed by atoms with Gasteiger partial charge in [-0.15, -0.1) is 0 Å². The number of nitrogens with zero attached hydrogens (tertiary/aromatic N) is 1. The van der Waals surface area contributed by atoms with Gasteiger partial charge in [0.2, 0.25) is 0 Å². The number of aliphatic hydroxyl groups excluding tert-OH is 1. The van der Waals surface area contributed by atoms with Crippen LogP contribution in [0.25, 0.3) is 0 Å². The maximum Gasteiger partial charge on any atom is 0.412 e. The van der Waals surface area contributed by atoms with Crippen molar-refractivity contribution in [2.45, 2.75) is 50.7 Å². The number of hydrogen-bond donors (Lipinski definition) is 3. The molecule has 8 heteroatoms. The van der Waals surface area contributed by atoms with Crippen LogP contribution in [0.15, 0.2) is 24.3 Å². The first-order valence-electron chi connectivity index (χ1n) is 8.07. The highest BCUT2D eigenvalue weighted by Crippen LogP contribution is 2.20. The Labute approximate surface area is 140 Å². The van der Waals surface area contributed by atoms with Gasteiger partial charge in [-0.2, -0.15) is 0 Å². The molecule has 1 saturated carbocycles. The molecule has 0 bridgehead atoms. The van der Waals surface area contributed by atoms with Crippen LogP contribution in [0.2, 0.25) is 0 Å².